The quantitative estimate of drug-likeness (QED) is 0.832. The Morgan fingerprint density at radius 1 is 1.00 bits per heavy atom. The van der Waals surface area contributed by atoms with Gasteiger partial charge in [0.05, 0.1) is 0 Å². The number of likely N-dealkylation sites (tertiary alicyclic amines) is 1. The highest BCUT2D eigenvalue weighted by Gasteiger charge is 2.22. The van der Waals surface area contributed by atoms with Gasteiger partial charge < -0.3 is 15.1 Å². The highest BCUT2D eigenvalue weighted by Crippen LogP contribution is 2.20. The molecule has 0 aliphatic carbocycles. The van der Waals surface area contributed by atoms with Gasteiger partial charge in [-0.2, -0.15) is 0 Å². The van der Waals surface area contributed by atoms with Crippen LogP contribution in [0.1, 0.15) is 40.5 Å². The van der Waals surface area contributed by atoms with Crippen LogP contribution in [-0.4, -0.2) is 61.7 Å². The SMILES string of the molecule is CC.CC(C)N1CCC(CN2CCNCC2)CC1. The Labute approximate surface area is 114 Å². The molecule has 3 heteroatoms. The maximum absolute atomic E-state index is 3.42. The fraction of sp³-hybridized carbons (Fsp3) is 1.00. The van der Waals surface area contributed by atoms with E-state index in [0.717, 1.165) is 12.0 Å². The maximum Gasteiger partial charge on any atom is 0.0107 e. The lowest BCUT2D eigenvalue weighted by Gasteiger charge is -2.37. The summed E-state index contributed by atoms with van der Waals surface area (Å²) < 4.78 is 0. The molecule has 3 nitrogen and oxygen atoms in total. The van der Waals surface area contributed by atoms with E-state index in [1.54, 1.807) is 0 Å². The molecule has 0 radical (unpaired) electrons. The van der Waals surface area contributed by atoms with Crippen molar-refractivity contribution < 1.29 is 0 Å². The Balaban J connectivity index is 0.000000771. The summed E-state index contributed by atoms with van der Waals surface area (Å²) >= 11 is 0. The molecule has 2 aliphatic rings. The summed E-state index contributed by atoms with van der Waals surface area (Å²) in [6, 6.07) is 0.736. The Morgan fingerprint density at radius 3 is 2.06 bits per heavy atom. The first-order valence-electron chi connectivity index (χ1n) is 7.93. The minimum atomic E-state index is 0.736. The van der Waals surface area contributed by atoms with E-state index in [1.807, 2.05) is 13.8 Å². The van der Waals surface area contributed by atoms with Crippen LogP contribution in [0.2, 0.25) is 0 Å². The highest BCUT2D eigenvalue weighted by molar-refractivity contribution is 4.78. The molecule has 0 amide bonds. The summed E-state index contributed by atoms with van der Waals surface area (Å²) in [6.07, 6.45) is 2.81. The van der Waals surface area contributed by atoms with Gasteiger partial charge >= 0.3 is 0 Å². The fourth-order valence-electron chi connectivity index (χ4n) is 2.91. The predicted octanol–water partition coefficient (Wildman–Crippen LogP) is 2.04. The van der Waals surface area contributed by atoms with Crippen LogP contribution in [0.4, 0.5) is 0 Å². The van der Waals surface area contributed by atoms with Crippen LogP contribution in [-0.2, 0) is 0 Å². The van der Waals surface area contributed by atoms with E-state index in [2.05, 4.69) is 29.0 Å². The lowest BCUT2D eigenvalue weighted by Crippen LogP contribution is -2.47. The van der Waals surface area contributed by atoms with Crippen molar-refractivity contribution in [2.24, 2.45) is 5.92 Å². The Kier molecular flexibility index (Phi) is 7.87. The molecule has 2 rings (SSSR count). The van der Waals surface area contributed by atoms with Crippen LogP contribution < -0.4 is 5.32 Å². The number of piperidine rings is 1. The molecular weight excluding hydrogens is 222 g/mol. The van der Waals surface area contributed by atoms with Crippen LogP contribution in [0, 0.1) is 5.92 Å². The molecule has 2 fully saturated rings. The molecule has 2 aliphatic heterocycles. The molecule has 2 heterocycles. The zero-order valence-electron chi connectivity index (χ0n) is 12.9. The smallest absolute Gasteiger partial charge is 0.0107 e. The second kappa shape index (κ2) is 8.89. The van der Waals surface area contributed by atoms with Crippen molar-refractivity contribution in [2.75, 3.05) is 45.8 Å². The molecule has 1 N–H and O–H groups in total. The first-order valence-corrected chi connectivity index (χ1v) is 7.93. The topological polar surface area (TPSA) is 18.5 Å². The highest BCUT2D eigenvalue weighted by atomic mass is 15.2. The van der Waals surface area contributed by atoms with Gasteiger partial charge in [-0.05, 0) is 45.7 Å². The van der Waals surface area contributed by atoms with Gasteiger partial charge in [-0.15, -0.1) is 0 Å². The lowest BCUT2D eigenvalue weighted by atomic mass is 9.95. The molecule has 2 saturated heterocycles. The molecule has 0 aromatic heterocycles. The monoisotopic (exact) mass is 255 g/mol. The molecule has 18 heavy (non-hydrogen) atoms. The molecule has 0 bridgehead atoms. The van der Waals surface area contributed by atoms with E-state index in [-0.39, 0.29) is 0 Å². The summed E-state index contributed by atoms with van der Waals surface area (Å²) in [5.41, 5.74) is 0. The Hall–Kier alpha value is -0.120. The number of nitrogens with zero attached hydrogens (tertiary/aromatic N) is 2. The summed E-state index contributed by atoms with van der Waals surface area (Å²) in [5, 5.41) is 3.42. The normalized spacial score (nSPS) is 23.8. The van der Waals surface area contributed by atoms with Crippen molar-refractivity contribution in [3.8, 4) is 0 Å². The van der Waals surface area contributed by atoms with E-state index in [1.165, 1.54) is 58.7 Å². The largest absolute Gasteiger partial charge is 0.314 e. The standard InChI is InChI=1S/C13H27N3.C2H6/c1-12(2)16-7-3-13(4-8-16)11-15-9-5-14-6-10-15;1-2/h12-14H,3-11H2,1-2H3;1-2H3. The zero-order chi connectivity index (χ0) is 13.4. The average molecular weight is 255 g/mol. The van der Waals surface area contributed by atoms with E-state index in [9.17, 15) is 0 Å². The van der Waals surface area contributed by atoms with E-state index >= 15 is 0 Å². The number of rotatable bonds is 3. The maximum atomic E-state index is 3.42. The van der Waals surface area contributed by atoms with Gasteiger partial charge in [0.1, 0.15) is 0 Å². The van der Waals surface area contributed by atoms with Crippen LogP contribution in [0.15, 0.2) is 0 Å². The first-order chi connectivity index (χ1) is 8.75. The average Bonchev–Trinajstić information content (AvgIpc) is 2.43. The van der Waals surface area contributed by atoms with E-state index in [4.69, 9.17) is 0 Å². The molecular formula is C15H33N3. The van der Waals surface area contributed by atoms with Crippen molar-refractivity contribution >= 4 is 0 Å². The van der Waals surface area contributed by atoms with Crippen molar-refractivity contribution in [3.63, 3.8) is 0 Å². The van der Waals surface area contributed by atoms with Gasteiger partial charge in [0.25, 0.3) is 0 Å². The third-order valence-corrected chi connectivity index (χ3v) is 4.11. The first kappa shape index (κ1) is 15.9. The number of nitrogens with one attached hydrogen (secondary N) is 1. The van der Waals surface area contributed by atoms with Crippen molar-refractivity contribution in [1.82, 2.24) is 15.1 Å². The Bertz CT molecular complexity index is 192. The minimum absolute atomic E-state index is 0.736. The summed E-state index contributed by atoms with van der Waals surface area (Å²) in [5.74, 6) is 0.952. The van der Waals surface area contributed by atoms with Gasteiger partial charge in [-0.25, -0.2) is 0 Å². The number of hydrogen-bond donors (Lipinski definition) is 1. The van der Waals surface area contributed by atoms with Crippen molar-refractivity contribution in [2.45, 2.75) is 46.6 Å². The molecule has 0 aromatic rings. The van der Waals surface area contributed by atoms with Crippen LogP contribution >= 0.6 is 0 Å². The summed E-state index contributed by atoms with van der Waals surface area (Å²) in [7, 11) is 0. The summed E-state index contributed by atoms with van der Waals surface area (Å²) in [6.45, 7) is 17.5. The predicted molar refractivity (Wildman–Crippen MR) is 80.1 cm³/mol. The molecule has 0 saturated carbocycles. The third-order valence-electron chi connectivity index (χ3n) is 4.11. The minimum Gasteiger partial charge on any atom is -0.314 e. The fourth-order valence-corrected chi connectivity index (χ4v) is 2.91. The number of hydrogen-bond acceptors (Lipinski definition) is 3. The molecule has 0 unspecified atom stereocenters. The molecule has 0 aromatic carbocycles. The second-order valence-corrected chi connectivity index (χ2v) is 5.62. The molecule has 108 valence electrons. The summed E-state index contributed by atoms with van der Waals surface area (Å²) in [4.78, 5) is 5.26. The Morgan fingerprint density at radius 2 is 1.56 bits per heavy atom. The van der Waals surface area contributed by atoms with Gasteiger partial charge in [-0.3, -0.25) is 0 Å². The van der Waals surface area contributed by atoms with Gasteiger partial charge in [0.2, 0.25) is 0 Å². The third kappa shape index (κ3) is 5.25. The molecule has 0 atom stereocenters. The van der Waals surface area contributed by atoms with Crippen molar-refractivity contribution in [3.05, 3.63) is 0 Å². The van der Waals surface area contributed by atoms with Gasteiger partial charge in [-0.1, -0.05) is 13.8 Å². The molecule has 0 spiro atoms. The van der Waals surface area contributed by atoms with Crippen molar-refractivity contribution in [1.29, 1.82) is 0 Å². The van der Waals surface area contributed by atoms with E-state index in [0.29, 0.717) is 0 Å². The lowest BCUT2D eigenvalue weighted by molar-refractivity contribution is 0.116. The second-order valence-electron chi connectivity index (χ2n) is 5.62. The van der Waals surface area contributed by atoms with Gasteiger partial charge in [0, 0.05) is 38.8 Å². The van der Waals surface area contributed by atoms with Crippen LogP contribution in [0.25, 0.3) is 0 Å². The zero-order valence-corrected chi connectivity index (χ0v) is 12.9. The van der Waals surface area contributed by atoms with Gasteiger partial charge in [0.15, 0.2) is 0 Å². The number of piperazine rings is 1. The van der Waals surface area contributed by atoms with E-state index < -0.39 is 0 Å². The van der Waals surface area contributed by atoms with Crippen LogP contribution in [0.3, 0.4) is 0 Å². The van der Waals surface area contributed by atoms with Crippen LogP contribution in [0.5, 0.6) is 0 Å².